The third-order valence-electron chi connectivity index (χ3n) is 6.90. The highest BCUT2D eigenvalue weighted by molar-refractivity contribution is 5.95. The topological polar surface area (TPSA) is 93.5 Å². The number of carbonyl (C=O) groups is 2. The van der Waals surface area contributed by atoms with Crippen LogP contribution in [-0.4, -0.2) is 35.4 Å². The molecular formula is C28H24F9N3O4. The molecule has 0 unspecified atom stereocenters. The second-order valence-corrected chi connectivity index (χ2v) is 10.1. The number of amides is 1. The molecule has 1 amide bonds. The lowest BCUT2D eigenvalue weighted by Crippen LogP contribution is -2.41. The van der Waals surface area contributed by atoms with Gasteiger partial charge in [-0.25, -0.2) is 4.79 Å². The van der Waals surface area contributed by atoms with E-state index in [9.17, 15) is 49.1 Å². The molecule has 238 valence electrons. The van der Waals surface area contributed by atoms with E-state index in [1.165, 1.54) is 12.1 Å². The van der Waals surface area contributed by atoms with E-state index in [-0.39, 0.29) is 61.4 Å². The second kappa shape index (κ2) is 12.9. The van der Waals surface area contributed by atoms with Crippen molar-refractivity contribution in [1.82, 2.24) is 15.8 Å². The van der Waals surface area contributed by atoms with Crippen molar-refractivity contribution in [2.75, 3.05) is 0 Å². The molecule has 1 aliphatic rings. The van der Waals surface area contributed by atoms with Crippen molar-refractivity contribution in [3.63, 3.8) is 0 Å². The lowest BCUT2D eigenvalue weighted by atomic mass is 9.92. The zero-order chi connectivity index (χ0) is 32.3. The zero-order valence-electron chi connectivity index (χ0n) is 22.5. The van der Waals surface area contributed by atoms with Gasteiger partial charge in [-0.05, 0) is 55.5 Å². The number of nitrogens with zero attached hydrogens (tertiary/aromatic N) is 1. The molecule has 0 saturated heterocycles. The van der Waals surface area contributed by atoms with Gasteiger partial charge in [0, 0.05) is 30.3 Å². The summed E-state index contributed by atoms with van der Waals surface area (Å²) in [4.78, 5) is 24.3. The van der Waals surface area contributed by atoms with Crippen LogP contribution < -0.4 is 10.6 Å². The molecular weight excluding hydrogens is 613 g/mol. The van der Waals surface area contributed by atoms with Crippen LogP contribution in [0.4, 0.5) is 39.5 Å². The lowest BCUT2D eigenvalue weighted by molar-refractivity contribution is -0.206. The van der Waals surface area contributed by atoms with E-state index < -0.39 is 53.7 Å². The van der Waals surface area contributed by atoms with Gasteiger partial charge >= 0.3 is 24.5 Å². The van der Waals surface area contributed by atoms with Gasteiger partial charge in [-0.3, -0.25) is 4.79 Å². The van der Waals surface area contributed by atoms with Crippen molar-refractivity contribution in [1.29, 1.82) is 0 Å². The third kappa shape index (κ3) is 8.30. The molecule has 2 aromatic carbocycles. The number of esters is 1. The Labute approximate surface area is 243 Å². The van der Waals surface area contributed by atoms with Crippen LogP contribution in [0.1, 0.15) is 58.4 Å². The highest BCUT2D eigenvalue weighted by Gasteiger charge is 2.43. The predicted octanol–water partition coefficient (Wildman–Crippen LogP) is 6.82. The highest BCUT2D eigenvalue weighted by atomic mass is 19.4. The van der Waals surface area contributed by atoms with Crippen LogP contribution >= 0.6 is 0 Å². The Bertz CT molecular complexity index is 1440. The number of benzene rings is 2. The van der Waals surface area contributed by atoms with Crippen LogP contribution in [0.2, 0.25) is 0 Å². The van der Waals surface area contributed by atoms with Gasteiger partial charge in [-0.2, -0.15) is 39.5 Å². The molecule has 16 heteroatoms. The maximum absolute atomic E-state index is 13.2. The first kappa shape index (κ1) is 32.8. The van der Waals surface area contributed by atoms with E-state index in [0.717, 1.165) is 36.4 Å². The summed E-state index contributed by atoms with van der Waals surface area (Å²) in [7, 11) is 0. The number of hydrogen-bond donors (Lipinski definition) is 2. The molecule has 44 heavy (non-hydrogen) atoms. The van der Waals surface area contributed by atoms with Crippen molar-refractivity contribution in [3.05, 3.63) is 76.5 Å². The zero-order valence-corrected chi connectivity index (χ0v) is 22.5. The molecule has 1 fully saturated rings. The van der Waals surface area contributed by atoms with Crippen molar-refractivity contribution in [3.8, 4) is 11.3 Å². The van der Waals surface area contributed by atoms with Crippen LogP contribution in [0.3, 0.4) is 0 Å². The molecule has 0 spiro atoms. The van der Waals surface area contributed by atoms with E-state index in [2.05, 4.69) is 20.5 Å². The second-order valence-electron chi connectivity index (χ2n) is 10.1. The van der Waals surface area contributed by atoms with Gasteiger partial charge in [0.15, 0.2) is 11.5 Å². The van der Waals surface area contributed by atoms with Gasteiger partial charge in [0.2, 0.25) is 0 Å². The fourth-order valence-corrected chi connectivity index (χ4v) is 4.63. The van der Waals surface area contributed by atoms with E-state index in [1.54, 1.807) is 0 Å². The van der Waals surface area contributed by atoms with Crippen molar-refractivity contribution in [2.45, 2.75) is 69.4 Å². The third-order valence-corrected chi connectivity index (χ3v) is 6.90. The number of rotatable bonds is 8. The Morgan fingerprint density at radius 2 is 1.34 bits per heavy atom. The van der Waals surface area contributed by atoms with Crippen LogP contribution in [0.25, 0.3) is 11.3 Å². The SMILES string of the molecule is O=C(N[C@H]1CC[C@H](OC(=O)C(F)(F)F)CC1)c1noc(-c2ccc(C(F)(F)F)cc2)c1CNCc1ccc(C(F)(F)F)cc1. The van der Waals surface area contributed by atoms with Gasteiger partial charge < -0.3 is 19.9 Å². The van der Waals surface area contributed by atoms with Gasteiger partial charge in [0.1, 0.15) is 6.10 Å². The van der Waals surface area contributed by atoms with Gasteiger partial charge in [0.25, 0.3) is 5.91 Å². The van der Waals surface area contributed by atoms with Gasteiger partial charge in [0.05, 0.1) is 11.1 Å². The summed E-state index contributed by atoms with van der Waals surface area (Å²) in [6.45, 7) is -0.0682. The summed E-state index contributed by atoms with van der Waals surface area (Å²) in [5, 5.41) is 9.46. The summed E-state index contributed by atoms with van der Waals surface area (Å²) < 4.78 is 125. The van der Waals surface area contributed by atoms with E-state index >= 15 is 0 Å². The summed E-state index contributed by atoms with van der Waals surface area (Å²) in [5.41, 5.74) is -1.18. The Morgan fingerprint density at radius 3 is 1.86 bits per heavy atom. The first-order chi connectivity index (χ1) is 20.5. The average Bonchev–Trinajstić information content (AvgIpc) is 3.37. The molecule has 1 aromatic heterocycles. The standard InChI is InChI=1S/C28H24F9N3O4/c29-26(30,31)17-5-1-15(2-6-17)13-38-14-21-22(40-44-23(21)16-3-7-18(8-4-16)27(32,33)34)24(41)39-19-9-11-20(12-10-19)43-25(42)28(35,36)37/h1-8,19-20,38H,9-14H2,(H,39,41)/t19-,20-. The molecule has 1 saturated carbocycles. The van der Waals surface area contributed by atoms with Crippen LogP contribution in [-0.2, 0) is 35.0 Å². The van der Waals surface area contributed by atoms with Crippen molar-refractivity contribution >= 4 is 11.9 Å². The van der Waals surface area contributed by atoms with Crippen molar-refractivity contribution < 1.29 is 58.4 Å². The molecule has 0 atom stereocenters. The average molecular weight is 637 g/mol. The quantitative estimate of drug-likeness (QED) is 0.208. The van der Waals surface area contributed by atoms with Gasteiger partial charge in [-0.1, -0.05) is 29.4 Å². The molecule has 0 bridgehead atoms. The fourth-order valence-electron chi connectivity index (χ4n) is 4.63. The molecule has 0 aliphatic heterocycles. The number of hydrogen-bond acceptors (Lipinski definition) is 6. The minimum Gasteiger partial charge on any atom is -0.456 e. The summed E-state index contributed by atoms with van der Waals surface area (Å²) in [6, 6.07) is 7.72. The van der Waals surface area contributed by atoms with Crippen LogP contribution in [0.15, 0.2) is 53.1 Å². The molecule has 2 N–H and O–H groups in total. The monoisotopic (exact) mass is 637 g/mol. The van der Waals surface area contributed by atoms with E-state index in [0.29, 0.717) is 5.56 Å². The number of halogens is 9. The number of carbonyl (C=O) groups excluding carboxylic acids is 2. The first-order valence-corrected chi connectivity index (χ1v) is 13.1. The van der Waals surface area contributed by atoms with Crippen molar-refractivity contribution in [2.24, 2.45) is 0 Å². The number of alkyl halides is 9. The Kier molecular flexibility index (Phi) is 9.61. The minimum atomic E-state index is -5.13. The number of nitrogens with one attached hydrogen (secondary N) is 2. The van der Waals surface area contributed by atoms with E-state index in [1.807, 2.05) is 0 Å². The first-order valence-electron chi connectivity index (χ1n) is 13.1. The number of aromatic nitrogens is 1. The fraction of sp³-hybridized carbons (Fsp3) is 0.393. The van der Waals surface area contributed by atoms with Gasteiger partial charge in [-0.15, -0.1) is 0 Å². The molecule has 0 radical (unpaired) electrons. The minimum absolute atomic E-state index is 0.0217. The Morgan fingerprint density at radius 1 is 0.795 bits per heavy atom. The largest absolute Gasteiger partial charge is 0.490 e. The molecule has 3 aromatic rings. The highest BCUT2D eigenvalue weighted by Crippen LogP contribution is 2.33. The summed E-state index contributed by atoms with van der Waals surface area (Å²) >= 11 is 0. The predicted molar refractivity (Wildman–Crippen MR) is 135 cm³/mol. The molecule has 1 heterocycles. The molecule has 1 aliphatic carbocycles. The normalized spacial score (nSPS) is 17.8. The summed E-state index contributed by atoms with van der Waals surface area (Å²) in [5.74, 6) is -3.04. The Hall–Kier alpha value is -4.08. The van der Waals surface area contributed by atoms with Crippen LogP contribution in [0, 0.1) is 0 Å². The van der Waals surface area contributed by atoms with E-state index in [4.69, 9.17) is 4.52 Å². The summed E-state index contributed by atoms with van der Waals surface area (Å²) in [6.07, 6.45) is -14.7. The maximum Gasteiger partial charge on any atom is 0.490 e. The smallest absolute Gasteiger partial charge is 0.456 e. The Balaban J connectivity index is 1.48. The molecule has 7 nitrogen and oxygen atoms in total. The number of ether oxygens (including phenoxy) is 1. The maximum atomic E-state index is 13.2. The lowest BCUT2D eigenvalue weighted by Gasteiger charge is -2.28. The van der Waals surface area contributed by atoms with Crippen LogP contribution in [0.5, 0.6) is 0 Å². The molecule has 4 rings (SSSR count).